The highest BCUT2D eigenvalue weighted by Gasteiger charge is 2.23. The zero-order valence-electron chi connectivity index (χ0n) is 11.6. The van der Waals surface area contributed by atoms with Gasteiger partial charge in [-0.3, -0.25) is 9.59 Å². The molecular weight excluding hydrogens is 276 g/mol. The van der Waals surface area contributed by atoms with Crippen LogP contribution in [0, 0.1) is 0 Å². The lowest BCUT2D eigenvalue weighted by molar-refractivity contribution is -0.131. The third-order valence-electron chi connectivity index (χ3n) is 3.57. The van der Waals surface area contributed by atoms with Crippen molar-refractivity contribution in [3.05, 3.63) is 34.9 Å². The van der Waals surface area contributed by atoms with E-state index < -0.39 is 0 Å². The molecule has 1 heterocycles. The van der Waals surface area contributed by atoms with Crippen molar-refractivity contribution in [2.75, 3.05) is 13.1 Å². The average Bonchev–Trinajstić information content (AvgIpc) is 2.47. The van der Waals surface area contributed by atoms with E-state index >= 15 is 0 Å². The largest absolute Gasteiger partial charge is 0.349 e. The number of piperidine rings is 1. The quantitative estimate of drug-likeness (QED) is 0.931. The van der Waals surface area contributed by atoms with Gasteiger partial charge in [0.2, 0.25) is 5.91 Å². The van der Waals surface area contributed by atoms with Gasteiger partial charge in [0, 0.05) is 36.1 Å². The first-order chi connectivity index (χ1) is 9.60. The van der Waals surface area contributed by atoms with Crippen LogP contribution in [0.5, 0.6) is 0 Å². The molecule has 0 spiro atoms. The minimum atomic E-state index is -0.104. The van der Waals surface area contributed by atoms with Crippen LogP contribution in [-0.2, 0) is 4.79 Å². The van der Waals surface area contributed by atoms with E-state index in [0.717, 1.165) is 12.8 Å². The molecule has 4 nitrogen and oxygen atoms in total. The summed E-state index contributed by atoms with van der Waals surface area (Å²) in [6.45, 7) is 3.30. The number of carbonyl (C=O) groups is 2. The molecule has 1 aromatic rings. The van der Waals surface area contributed by atoms with Crippen molar-refractivity contribution >= 4 is 23.4 Å². The standard InChI is InChI=1S/C15H19ClN2O2/c1-2-14(19)18-8-6-13(7-9-18)17-15(20)11-4-3-5-12(16)10-11/h3-5,10,13H,2,6-9H2,1H3,(H,17,20). The fraction of sp³-hybridized carbons (Fsp3) is 0.467. The lowest BCUT2D eigenvalue weighted by Crippen LogP contribution is -2.46. The Balaban J connectivity index is 1.86. The highest BCUT2D eigenvalue weighted by atomic mass is 35.5. The molecule has 0 aromatic heterocycles. The van der Waals surface area contributed by atoms with E-state index in [1.807, 2.05) is 11.8 Å². The van der Waals surface area contributed by atoms with Crippen LogP contribution in [0.15, 0.2) is 24.3 Å². The molecule has 5 heteroatoms. The van der Waals surface area contributed by atoms with Crippen LogP contribution < -0.4 is 5.32 Å². The summed E-state index contributed by atoms with van der Waals surface area (Å²) in [6.07, 6.45) is 2.15. The molecule has 1 aliphatic heterocycles. The van der Waals surface area contributed by atoms with E-state index in [1.165, 1.54) is 0 Å². The lowest BCUT2D eigenvalue weighted by atomic mass is 10.0. The number of hydrogen-bond donors (Lipinski definition) is 1. The van der Waals surface area contributed by atoms with E-state index in [-0.39, 0.29) is 17.9 Å². The molecular formula is C15H19ClN2O2. The van der Waals surface area contributed by atoms with E-state index in [2.05, 4.69) is 5.32 Å². The van der Waals surface area contributed by atoms with Crippen molar-refractivity contribution in [2.45, 2.75) is 32.2 Å². The second-order valence-corrected chi connectivity index (χ2v) is 5.43. The maximum Gasteiger partial charge on any atom is 0.251 e. The fourth-order valence-electron chi connectivity index (χ4n) is 2.40. The number of amides is 2. The van der Waals surface area contributed by atoms with Gasteiger partial charge in [0.15, 0.2) is 0 Å². The van der Waals surface area contributed by atoms with Crippen LogP contribution in [-0.4, -0.2) is 35.8 Å². The second kappa shape index (κ2) is 6.75. The number of nitrogens with zero attached hydrogens (tertiary/aromatic N) is 1. The van der Waals surface area contributed by atoms with Crippen LogP contribution in [0.2, 0.25) is 5.02 Å². The molecule has 0 bridgehead atoms. The topological polar surface area (TPSA) is 49.4 Å². The predicted molar refractivity (Wildman–Crippen MR) is 78.8 cm³/mol. The summed E-state index contributed by atoms with van der Waals surface area (Å²) in [5, 5.41) is 3.56. The van der Waals surface area contributed by atoms with Gasteiger partial charge < -0.3 is 10.2 Å². The molecule has 1 fully saturated rings. The summed E-state index contributed by atoms with van der Waals surface area (Å²) in [7, 11) is 0. The predicted octanol–water partition coefficient (Wildman–Crippen LogP) is 2.47. The zero-order chi connectivity index (χ0) is 14.5. The van der Waals surface area contributed by atoms with E-state index in [4.69, 9.17) is 11.6 Å². The van der Waals surface area contributed by atoms with Crippen molar-refractivity contribution in [3.63, 3.8) is 0 Å². The van der Waals surface area contributed by atoms with Crippen molar-refractivity contribution in [1.29, 1.82) is 0 Å². The van der Waals surface area contributed by atoms with E-state index in [1.54, 1.807) is 24.3 Å². The monoisotopic (exact) mass is 294 g/mol. The molecule has 2 rings (SSSR count). The van der Waals surface area contributed by atoms with Gasteiger partial charge >= 0.3 is 0 Å². The highest BCUT2D eigenvalue weighted by molar-refractivity contribution is 6.30. The van der Waals surface area contributed by atoms with E-state index in [0.29, 0.717) is 30.1 Å². The summed E-state index contributed by atoms with van der Waals surface area (Å²) in [4.78, 5) is 25.5. The van der Waals surface area contributed by atoms with Gasteiger partial charge in [0.05, 0.1) is 0 Å². The van der Waals surface area contributed by atoms with Crippen LogP contribution in [0.3, 0.4) is 0 Å². The van der Waals surface area contributed by atoms with Gasteiger partial charge in [-0.05, 0) is 31.0 Å². The van der Waals surface area contributed by atoms with Crippen molar-refractivity contribution in [2.24, 2.45) is 0 Å². The molecule has 2 amide bonds. The van der Waals surface area contributed by atoms with Crippen molar-refractivity contribution < 1.29 is 9.59 Å². The molecule has 0 atom stereocenters. The molecule has 1 saturated heterocycles. The Morgan fingerprint density at radius 2 is 2.05 bits per heavy atom. The van der Waals surface area contributed by atoms with Crippen LogP contribution >= 0.6 is 11.6 Å². The Morgan fingerprint density at radius 1 is 1.35 bits per heavy atom. The second-order valence-electron chi connectivity index (χ2n) is 4.99. The first kappa shape index (κ1) is 14.9. The van der Waals surface area contributed by atoms with Crippen LogP contribution in [0.4, 0.5) is 0 Å². The number of rotatable bonds is 3. The Kier molecular flexibility index (Phi) is 5.01. The number of halogens is 1. The highest BCUT2D eigenvalue weighted by Crippen LogP contribution is 2.14. The van der Waals surface area contributed by atoms with Gasteiger partial charge in [-0.25, -0.2) is 0 Å². The maximum atomic E-state index is 12.1. The molecule has 0 saturated carbocycles. The van der Waals surface area contributed by atoms with Gasteiger partial charge in [-0.2, -0.15) is 0 Å². The number of nitrogens with one attached hydrogen (secondary N) is 1. The Bertz CT molecular complexity index is 496. The molecule has 1 N–H and O–H groups in total. The van der Waals surface area contributed by atoms with E-state index in [9.17, 15) is 9.59 Å². The number of carbonyl (C=O) groups excluding carboxylic acids is 2. The maximum absolute atomic E-state index is 12.1. The number of benzene rings is 1. The summed E-state index contributed by atoms with van der Waals surface area (Å²) >= 11 is 5.88. The first-order valence-electron chi connectivity index (χ1n) is 6.94. The van der Waals surface area contributed by atoms with Gasteiger partial charge in [-0.15, -0.1) is 0 Å². The van der Waals surface area contributed by atoms with Gasteiger partial charge in [-0.1, -0.05) is 24.6 Å². The number of likely N-dealkylation sites (tertiary alicyclic amines) is 1. The van der Waals surface area contributed by atoms with Crippen LogP contribution in [0.25, 0.3) is 0 Å². The molecule has 1 aliphatic rings. The summed E-state index contributed by atoms with van der Waals surface area (Å²) in [6, 6.07) is 7.04. The third kappa shape index (κ3) is 3.73. The Hall–Kier alpha value is -1.55. The smallest absolute Gasteiger partial charge is 0.251 e. The van der Waals surface area contributed by atoms with Gasteiger partial charge in [0.1, 0.15) is 0 Å². The summed E-state index contributed by atoms with van der Waals surface area (Å²) < 4.78 is 0. The van der Waals surface area contributed by atoms with Crippen LogP contribution in [0.1, 0.15) is 36.5 Å². The minimum absolute atomic E-state index is 0.104. The van der Waals surface area contributed by atoms with Gasteiger partial charge in [0.25, 0.3) is 5.91 Å². The molecule has 0 radical (unpaired) electrons. The lowest BCUT2D eigenvalue weighted by Gasteiger charge is -2.32. The Labute approximate surface area is 124 Å². The van der Waals surface area contributed by atoms with Crippen molar-refractivity contribution in [1.82, 2.24) is 10.2 Å². The zero-order valence-corrected chi connectivity index (χ0v) is 12.3. The van der Waals surface area contributed by atoms with Crippen molar-refractivity contribution in [3.8, 4) is 0 Å². The molecule has 0 aliphatic carbocycles. The molecule has 1 aromatic carbocycles. The molecule has 0 unspecified atom stereocenters. The summed E-state index contributed by atoms with van der Waals surface area (Å²) in [5.41, 5.74) is 0.574. The minimum Gasteiger partial charge on any atom is -0.349 e. The average molecular weight is 295 g/mol. The normalized spacial score (nSPS) is 16.0. The first-order valence-corrected chi connectivity index (χ1v) is 7.32. The molecule has 108 valence electrons. The fourth-order valence-corrected chi connectivity index (χ4v) is 2.59. The SMILES string of the molecule is CCC(=O)N1CCC(NC(=O)c2cccc(Cl)c2)CC1. The Morgan fingerprint density at radius 3 is 2.65 bits per heavy atom. The molecule has 20 heavy (non-hydrogen) atoms. The number of hydrogen-bond acceptors (Lipinski definition) is 2. The summed E-state index contributed by atoms with van der Waals surface area (Å²) in [5.74, 6) is 0.0809. The third-order valence-corrected chi connectivity index (χ3v) is 3.81.